The molecule has 9 aliphatic heterocycles. The van der Waals surface area contributed by atoms with Gasteiger partial charge in [-0.2, -0.15) is 0 Å². The van der Waals surface area contributed by atoms with Gasteiger partial charge in [-0.3, -0.25) is 14.6 Å². The standard InChI is InChI=1S/C24H36N2O3.C22H34N2O2.C20H31NO2.2C18H27NO2.C15H23N.C13H19N/c1-17(27)26-15-12-24(19-9-8-18(16-20(19)26)22(2,3)4)10-13-25(14-11-24)21(28)29-23(5,6)7;1-20(2,3)16-7-8-17-18(15-16)23-12-9-22(17)10-13-24(14-11-22)19(25)26-21(4,5)6;1-18(2,3)14-9-10-15-16(13-14)21(12-11-20(15,7)8)17(22)23-19(4,5)6;1-17(2,3)15-8-7-13-9-10-19(12-14(13)11-15)16(20)21-18(4,5)6;1-17(2,3)14-10-9-13-8-7-11-19(15(13)12-14)16(20)21-18(4,5)6;1-14(2,3)11-6-7-12-13(10-11)16-9-8-15(12,4)5;1-13(2,3)11-7-6-10-5-4-8-14-12(10)9-11/h8-9,16H,10-15H2,1-7H3;7-8,15,23H,9-14H2,1-6H3;9-10,13H,11-12H2,1-8H3;7-8,11H,9-10,12H2,1-6H3;9-10,12H,7-8,11H2,1-6H3;6-7,10,16H,8-9H2,1-5H3;6-7,9,14H,4-5,8H2,1-3H3. The lowest BCUT2D eigenvalue weighted by molar-refractivity contribution is -0.116. The van der Waals surface area contributed by atoms with E-state index in [4.69, 9.17) is 23.7 Å². The molecule has 6 amide bonds. The molecule has 7 aromatic rings. The number of fused-ring (bicyclic) bond motifs is 9. The molecule has 0 radical (unpaired) electrons. The Morgan fingerprint density at radius 2 is 0.567 bits per heavy atom. The summed E-state index contributed by atoms with van der Waals surface area (Å²) >= 11 is 0. The summed E-state index contributed by atoms with van der Waals surface area (Å²) < 4.78 is 27.7. The molecule has 0 bridgehead atoms. The van der Waals surface area contributed by atoms with E-state index in [0.29, 0.717) is 31.6 Å². The lowest BCUT2D eigenvalue weighted by Gasteiger charge is -2.48. The molecule has 2 spiro atoms. The van der Waals surface area contributed by atoms with Crippen LogP contribution in [0.2, 0.25) is 0 Å². The fraction of sp³-hybridized carbons (Fsp3) is 0.631. The number of benzene rings is 7. The fourth-order valence-electron chi connectivity index (χ4n) is 21.0. The smallest absolute Gasteiger partial charge is 0.414 e. The molecule has 0 unspecified atom stereocenters. The quantitative estimate of drug-likeness (QED) is 0.121. The van der Waals surface area contributed by atoms with Crippen molar-refractivity contribution in [2.75, 3.05) is 103 Å². The normalized spacial score (nSPS) is 17.7. The molecule has 828 valence electrons. The van der Waals surface area contributed by atoms with Crippen molar-refractivity contribution in [3.63, 3.8) is 0 Å². The van der Waals surface area contributed by atoms with Gasteiger partial charge in [0.2, 0.25) is 5.91 Å². The number of hydrogen-bond donors (Lipinski definition) is 3. The fourth-order valence-corrected chi connectivity index (χ4v) is 21.0. The highest BCUT2D eigenvalue weighted by molar-refractivity contribution is 5.94. The van der Waals surface area contributed by atoms with Gasteiger partial charge in [0.15, 0.2) is 0 Å². The maximum absolute atomic E-state index is 12.7. The Morgan fingerprint density at radius 3 is 1.01 bits per heavy atom. The van der Waals surface area contributed by atoms with Gasteiger partial charge in [-0.25, -0.2) is 24.0 Å². The van der Waals surface area contributed by atoms with E-state index in [9.17, 15) is 28.8 Å². The van der Waals surface area contributed by atoms with Crippen LogP contribution in [0.1, 0.15) is 432 Å². The minimum Gasteiger partial charge on any atom is -0.444 e. The second-order valence-electron chi connectivity index (χ2n) is 57.3. The predicted octanol–water partition coefficient (Wildman–Crippen LogP) is 31.9. The minimum absolute atomic E-state index is 0.0240. The first-order valence-electron chi connectivity index (χ1n) is 56.1. The van der Waals surface area contributed by atoms with E-state index in [2.05, 4.69) is 316 Å². The molecule has 9 heterocycles. The van der Waals surface area contributed by atoms with Gasteiger partial charge < -0.3 is 59.2 Å². The number of anilines is 6. The highest BCUT2D eigenvalue weighted by Gasteiger charge is 2.47. The second kappa shape index (κ2) is 46.2. The molecule has 2 saturated heterocycles. The van der Waals surface area contributed by atoms with E-state index in [1.807, 2.05) is 119 Å². The number of ether oxygens (including phenoxy) is 5. The number of nitrogens with zero attached hydrogens (tertiary/aromatic N) is 6. The van der Waals surface area contributed by atoms with Gasteiger partial charge in [0.1, 0.15) is 28.0 Å². The van der Waals surface area contributed by atoms with Crippen LogP contribution in [-0.4, -0.2) is 151 Å². The minimum atomic E-state index is -0.480. The molecule has 9 aliphatic rings. The summed E-state index contributed by atoms with van der Waals surface area (Å²) in [6.07, 6.45) is 12.4. The van der Waals surface area contributed by atoms with Crippen molar-refractivity contribution < 1.29 is 52.5 Å². The zero-order valence-electron chi connectivity index (χ0n) is 101. The average molecular weight is 2060 g/mol. The Balaban J connectivity index is 0.000000181. The Kier molecular flexibility index (Phi) is 37.4. The van der Waals surface area contributed by atoms with Gasteiger partial charge in [0, 0.05) is 119 Å². The summed E-state index contributed by atoms with van der Waals surface area (Å²) in [6.45, 7) is 95.9. The van der Waals surface area contributed by atoms with Crippen LogP contribution < -0.4 is 30.7 Å². The van der Waals surface area contributed by atoms with Crippen molar-refractivity contribution in [3.8, 4) is 0 Å². The number of rotatable bonds is 0. The van der Waals surface area contributed by atoms with Gasteiger partial charge in [0.25, 0.3) is 0 Å². The van der Waals surface area contributed by atoms with Gasteiger partial charge in [-0.15, -0.1) is 0 Å². The molecular weight excluding hydrogens is 1860 g/mol. The van der Waals surface area contributed by atoms with Gasteiger partial charge in [-0.1, -0.05) is 264 Å². The molecular formula is C130H197N9O11. The van der Waals surface area contributed by atoms with Crippen molar-refractivity contribution in [1.82, 2.24) is 14.7 Å². The van der Waals surface area contributed by atoms with Crippen LogP contribution in [0.3, 0.4) is 0 Å². The lowest BCUT2D eigenvalue weighted by atomic mass is 9.67. The highest BCUT2D eigenvalue weighted by Crippen LogP contribution is 2.51. The van der Waals surface area contributed by atoms with Crippen molar-refractivity contribution >= 4 is 70.5 Å². The van der Waals surface area contributed by atoms with Crippen LogP contribution in [0.5, 0.6) is 0 Å². The van der Waals surface area contributed by atoms with Crippen LogP contribution in [0.4, 0.5) is 58.1 Å². The number of carbonyl (C=O) groups excluding carboxylic acids is 6. The number of nitrogens with one attached hydrogen (secondary N) is 3. The zero-order valence-corrected chi connectivity index (χ0v) is 101. The first-order valence-corrected chi connectivity index (χ1v) is 56.1. The SMILES string of the molecule is CC(=O)N1CCC2(CCN(C(=O)OC(C)(C)C)CC2)c2ccc(C(C)(C)C)cc21.CC(C)(C)OC(=O)N1CCC(C)(C)c2ccc(C(C)(C)C)cc21.CC(C)(C)OC(=O)N1CCC2(CCNc3cc(C(C)(C)C)ccc32)CC1.CC(C)(C)OC(=O)N1CCCc2ccc(C(C)(C)C)cc21.CC(C)(C)OC(=O)N1CCc2ccc(C(C)(C)C)cc2C1.CC(C)(C)c1ccc2c(c1)NCCC2.CC(C)(C)c1ccc2c(c1)NCCC2(C)C. The second-order valence-corrected chi connectivity index (χ2v) is 57.3. The largest absolute Gasteiger partial charge is 0.444 e. The molecule has 150 heavy (non-hydrogen) atoms. The summed E-state index contributed by atoms with van der Waals surface area (Å²) in [5.74, 6) is 0.0957. The third-order valence-electron chi connectivity index (χ3n) is 30.5. The van der Waals surface area contributed by atoms with E-state index in [1.54, 1.807) is 21.6 Å². The van der Waals surface area contributed by atoms with E-state index < -0.39 is 28.0 Å². The molecule has 0 aromatic heterocycles. The highest BCUT2D eigenvalue weighted by atomic mass is 16.6. The topological polar surface area (TPSA) is 204 Å². The summed E-state index contributed by atoms with van der Waals surface area (Å²) in [5, 5.41) is 10.6. The van der Waals surface area contributed by atoms with Gasteiger partial charge in [0.05, 0.1) is 11.4 Å². The first-order chi connectivity index (χ1) is 68.7. The van der Waals surface area contributed by atoms with Gasteiger partial charge >= 0.3 is 30.5 Å². The monoisotopic (exact) mass is 2060 g/mol. The zero-order chi connectivity index (χ0) is 112. The van der Waals surface area contributed by atoms with Crippen molar-refractivity contribution in [2.45, 2.75) is 461 Å². The van der Waals surface area contributed by atoms with E-state index in [-0.39, 0.29) is 90.5 Å². The lowest BCUT2D eigenvalue weighted by Crippen LogP contribution is -2.50. The summed E-state index contributed by atoms with van der Waals surface area (Å²) in [4.78, 5) is 85.5. The van der Waals surface area contributed by atoms with Crippen LogP contribution in [0, 0.1) is 0 Å². The first kappa shape index (κ1) is 122. The molecule has 0 aliphatic carbocycles. The average Bonchev–Trinajstić information content (AvgIpc) is 0.744. The van der Waals surface area contributed by atoms with Crippen molar-refractivity contribution in [3.05, 3.63) is 211 Å². The predicted molar refractivity (Wildman–Crippen MR) is 626 cm³/mol. The van der Waals surface area contributed by atoms with Crippen LogP contribution in [-0.2, 0) is 114 Å². The van der Waals surface area contributed by atoms with E-state index in [1.165, 1.54) is 120 Å². The van der Waals surface area contributed by atoms with Gasteiger partial charge in [-0.05, 0) is 356 Å². The molecule has 7 aromatic carbocycles. The number of carbonyl (C=O) groups is 6. The third-order valence-corrected chi connectivity index (χ3v) is 30.5. The Labute approximate surface area is 907 Å². The molecule has 2 fully saturated rings. The molecule has 0 saturated carbocycles. The Morgan fingerprint density at radius 1 is 0.253 bits per heavy atom. The van der Waals surface area contributed by atoms with Crippen molar-refractivity contribution in [1.29, 1.82) is 0 Å². The Bertz CT molecular complexity index is 5850. The van der Waals surface area contributed by atoms with Crippen molar-refractivity contribution in [2.24, 2.45) is 0 Å². The van der Waals surface area contributed by atoms with Crippen LogP contribution in [0.15, 0.2) is 127 Å². The third kappa shape index (κ3) is 32.9. The van der Waals surface area contributed by atoms with Crippen LogP contribution in [0.25, 0.3) is 0 Å². The Hall–Kier alpha value is -10.2. The van der Waals surface area contributed by atoms with E-state index in [0.717, 1.165) is 134 Å². The van der Waals surface area contributed by atoms with E-state index >= 15 is 0 Å². The number of likely N-dealkylation sites (tertiary alicyclic amines) is 2. The molecule has 16 rings (SSSR count). The molecule has 20 nitrogen and oxygen atoms in total. The number of piperidine rings is 2. The molecule has 20 heteroatoms. The van der Waals surface area contributed by atoms with Crippen LogP contribution >= 0.6 is 0 Å². The summed E-state index contributed by atoms with van der Waals surface area (Å²) in [5.41, 5.74) is 26.2. The summed E-state index contributed by atoms with van der Waals surface area (Å²) in [7, 11) is 0. The number of aryl methyl sites for hydroxylation is 2. The molecule has 3 N–H and O–H groups in total. The number of amides is 6. The maximum atomic E-state index is 12.7. The number of hydrogen-bond acceptors (Lipinski definition) is 14. The molecule has 0 atom stereocenters. The summed E-state index contributed by atoms with van der Waals surface area (Å²) in [6, 6.07) is 47.1. The maximum Gasteiger partial charge on any atom is 0.414 e.